The molecule has 0 bridgehead atoms. The van der Waals surface area contributed by atoms with E-state index in [4.69, 9.17) is 9.47 Å². The maximum Gasteiger partial charge on any atom is 0.338 e. The standard InChI is InChI=1S/C17H20FNO5/c1-10(20)19-14-9-11(7-8-13(14)18)16(21)24-15-6-4-3-5-12(15)17(22)23-2/h7-9,12,15H,3-6H2,1-2H3,(H,19,20). The van der Waals surface area contributed by atoms with E-state index in [1.54, 1.807) is 0 Å². The first kappa shape index (κ1) is 17.9. The lowest BCUT2D eigenvalue weighted by molar-refractivity contribution is -0.151. The predicted molar refractivity (Wildman–Crippen MR) is 83.9 cm³/mol. The Hall–Kier alpha value is -2.44. The van der Waals surface area contributed by atoms with Crippen molar-refractivity contribution in [2.75, 3.05) is 12.4 Å². The molecule has 1 aromatic rings. The lowest BCUT2D eigenvalue weighted by atomic mass is 9.86. The zero-order chi connectivity index (χ0) is 17.7. The number of methoxy groups -OCH3 is 1. The summed E-state index contributed by atoms with van der Waals surface area (Å²) in [4.78, 5) is 35.2. The number of halogens is 1. The highest BCUT2D eigenvalue weighted by atomic mass is 19.1. The van der Waals surface area contributed by atoms with Gasteiger partial charge in [0.25, 0.3) is 0 Å². The Morgan fingerprint density at radius 3 is 2.58 bits per heavy atom. The number of anilines is 1. The topological polar surface area (TPSA) is 81.7 Å². The Balaban J connectivity index is 2.13. The van der Waals surface area contributed by atoms with Crippen molar-refractivity contribution in [2.45, 2.75) is 38.7 Å². The molecular weight excluding hydrogens is 317 g/mol. The van der Waals surface area contributed by atoms with Crippen LogP contribution in [-0.2, 0) is 19.1 Å². The lowest BCUT2D eigenvalue weighted by Gasteiger charge is -2.29. The van der Waals surface area contributed by atoms with Crippen LogP contribution in [0.4, 0.5) is 10.1 Å². The van der Waals surface area contributed by atoms with E-state index in [1.165, 1.54) is 26.2 Å². The molecule has 1 aromatic carbocycles. The molecule has 0 radical (unpaired) electrons. The number of hydrogen-bond acceptors (Lipinski definition) is 5. The molecule has 6 nitrogen and oxygen atoms in total. The van der Waals surface area contributed by atoms with Gasteiger partial charge in [-0.1, -0.05) is 6.42 Å². The van der Waals surface area contributed by atoms with E-state index in [0.29, 0.717) is 12.8 Å². The van der Waals surface area contributed by atoms with Gasteiger partial charge in [0.15, 0.2) is 0 Å². The Morgan fingerprint density at radius 1 is 1.21 bits per heavy atom. The first-order valence-corrected chi connectivity index (χ1v) is 7.78. The van der Waals surface area contributed by atoms with E-state index in [0.717, 1.165) is 18.9 Å². The number of carbonyl (C=O) groups excluding carboxylic acids is 3. The van der Waals surface area contributed by atoms with Gasteiger partial charge in [0, 0.05) is 6.92 Å². The van der Waals surface area contributed by atoms with E-state index >= 15 is 0 Å². The molecule has 1 saturated carbocycles. The maximum atomic E-state index is 13.6. The van der Waals surface area contributed by atoms with Gasteiger partial charge in [-0.2, -0.15) is 0 Å². The minimum atomic E-state index is -0.664. The number of carbonyl (C=O) groups is 3. The number of nitrogens with one attached hydrogen (secondary N) is 1. The fraction of sp³-hybridized carbons (Fsp3) is 0.471. The van der Waals surface area contributed by atoms with Gasteiger partial charge in [-0.3, -0.25) is 9.59 Å². The van der Waals surface area contributed by atoms with Gasteiger partial charge < -0.3 is 14.8 Å². The van der Waals surface area contributed by atoms with Gasteiger partial charge in [-0.05, 0) is 37.5 Å². The highest BCUT2D eigenvalue weighted by Gasteiger charge is 2.34. The third-order valence-corrected chi connectivity index (χ3v) is 3.98. The predicted octanol–water partition coefficient (Wildman–Crippen LogP) is 2.67. The van der Waals surface area contributed by atoms with E-state index in [-0.39, 0.29) is 11.3 Å². The molecule has 2 atom stereocenters. The Kier molecular flexibility index (Phi) is 5.89. The Labute approximate surface area is 139 Å². The van der Waals surface area contributed by atoms with Crippen LogP contribution in [0.15, 0.2) is 18.2 Å². The van der Waals surface area contributed by atoms with Crippen LogP contribution < -0.4 is 5.32 Å². The zero-order valence-electron chi connectivity index (χ0n) is 13.6. The van der Waals surface area contributed by atoms with Crippen molar-refractivity contribution in [3.05, 3.63) is 29.6 Å². The second kappa shape index (κ2) is 7.90. The van der Waals surface area contributed by atoms with Crippen molar-refractivity contribution in [2.24, 2.45) is 5.92 Å². The molecule has 130 valence electrons. The summed E-state index contributed by atoms with van der Waals surface area (Å²) >= 11 is 0. The van der Waals surface area contributed by atoms with Crippen LogP contribution in [0.25, 0.3) is 0 Å². The largest absolute Gasteiger partial charge is 0.469 e. The number of rotatable bonds is 4. The molecule has 0 spiro atoms. The molecule has 0 aromatic heterocycles. The average molecular weight is 337 g/mol. The van der Waals surface area contributed by atoms with E-state index < -0.39 is 35.7 Å². The second-order valence-electron chi connectivity index (χ2n) is 5.73. The number of ether oxygens (including phenoxy) is 2. The third-order valence-electron chi connectivity index (χ3n) is 3.98. The monoisotopic (exact) mass is 337 g/mol. The number of hydrogen-bond donors (Lipinski definition) is 1. The molecule has 0 aliphatic heterocycles. The van der Waals surface area contributed by atoms with Gasteiger partial charge in [-0.25, -0.2) is 9.18 Å². The summed E-state index contributed by atoms with van der Waals surface area (Å²) in [6.07, 6.45) is 2.34. The van der Waals surface area contributed by atoms with Gasteiger partial charge in [-0.15, -0.1) is 0 Å². The summed E-state index contributed by atoms with van der Waals surface area (Å²) in [6.45, 7) is 1.24. The molecular formula is C17H20FNO5. The molecule has 2 rings (SSSR count). The van der Waals surface area contributed by atoms with Crippen LogP contribution in [0.5, 0.6) is 0 Å². The molecule has 1 fully saturated rings. The van der Waals surface area contributed by atoms with Crippen molar-refractivity contribution in [3.63, 3.8) is 0 Å². The summed E-state index contributed by atoms with van der Waals surface area (Å²) in [7, 11) is 1.30. The van der Waals surface area contributed by atoms with E-state index in [1.807, 2.05) is 0 Å². The fourth-order valence-corrected chi connectivity index (χ4v) is 2.80. The summed E-state index contributed by atoms with van der Waals surface area (Å²) in [5.74, 6) is -2.64. The third kappa shape index (κ3) is 4.31. The van der Waals surface area contributed by atoms with Crippen molar-refractivity contribution in [1.29, 1.82) is 0 Å². The van der Waals surface area contributed by atoms with Crippen LogP contribution in [0.1, 0.15) is 43.0 Å². The number of esters is 2. The zero-order valence-corrected chi connectivity index (χ0v) is 13.6. The first-order valence-electron chi connectivity index (χ1n) is 7.78. The highest BCUT2D eigenvalue weighted by Crippen LogP contribution is 2.29. The van der Waals surface area contributed by atoms with Gasteiger partial charge in [0.05, 0.1) is 24.3 Å². The van der Waals surface area contributed by atoms with Gasteiger partial charge in [0.2, 0.25) is 5.91 Å². The van der Waals surface area contributed by atoms with E-state index in [9.17, 15) is 18.8 Å². The molecule has 24 heavy (non-hydrogen) atoms. The summed E-state index contributed by atoms with van der Waals surface area (Å²) in [5, 5.41) is 2.31. The molecule has 1 amide bonds. The van der Waals surface area contributed by atoms with Crippen LogP contribution in [0.3, 0.4) is 0 Å². The summed E-state index contributed by atoms with van der Waals surface area (Å²) in [5.41, 5.74) is 0.0134. The molecule has 1 N–H and O–H groups in total. The SMILES string of the molecule is COC(=O)C1CCCCC1OC(=O)c1ccc(F)c(NC(C)=O)c1. The van der Waals surface area contributed by atoms with Gasteiger partial charge in [0.1, 0.15) is 11.9 Å². The van der Waals surface area contributed by atoms with Crippen molar-refractivity contribution < 1.29 is 28.2 Å². The van der Waals surface area contributed by atoms with Crippen LogP contribution in [-0.4, -0.2) is 31.1 Å². The minimum Gasteiger partial charge on any atom is -0.469 e. The van der Waals surface area contributed by atoms with Crippen LogP contribution in [0, 0.1) is 11.7 Å². The molecule has 7 heteroatoms. The highest BCUT2D eigenvalue weighted by molar-refractivity contribution is 5.94. The lowest BCUT2D eigenvalue weighted by Crippen LogP contribution is -2.36. The second-order valence-corrected chi connectivity index (χ2v) is 5.73. The van der Waals surface area contributed by atoms with Crippen LogP contribution in [0.2, 0.25) is 0 Å². The van der Waals surface area contributed by atoms with Crippen molar-refractivity contribution >= 4 is 23.5 Å². The first-order chi connectivity index (χ1) is 11.4. The quantitative estimate of drug-likeness (QED) is 0.854. The molecule has 1 aliphatic carbocycles. The number of amides is 1. The van der Waals surface area contributed by atoms with Crippen molar-refractivity contribution in [3.8, 4) is 0 Å². The smallest absolute Gasteiger partial charge is 0.338 e. The maximum absolute atomic E-state index is 13.6. The summed E-state index contributed by atoms with van der Waals surface area (Å²) < 4.78 is 23.8. The average Bonchev–Trinajstić information content (AvgIpc) is 2.56. The fourth-order valence-electron chi connectivity index (χ4n) is 2.80. The van der Waals surface area contributed by atoms with Gasteiger partial charge >= 0.3 is 11.9 Å². The van der Waals surface area contributed by atoms with Crippen LogP contribution >= 0.6 is 0 Å². The Bertz CT molecular complexity index is 646. The summed E-state index contributed by atoms with van der Waals surface area (Å²) in [6, 6.07) is 3.58. The Morgan fingerprint density at radius 2 is 1.92 bits per heavy atom. The molecule has 0 heterocycles. The number of benzene rings is 1. The van der Waals surface area contributed by atoms with Crippen molar-refractivity contribution in [1.82, 2.24) is 0 Å². The van der Waals surface area contributed by atoms with E-state index in [2.05, 4.69) is 5.32 Å². The molecule has 1 aliphatic rings. The molecule has 0 saturated heterocycles. The normalized spacial score (nSPS) is 20.1. The molecule has 2 unspecified atom stereocenters. The minimum absolute atomic E-state index is 0.0925.